The minimum absolute atomic E-state index is 0.153. The summed E-state index contributed by atoms with van der Waals surface area (Å²) in [5.74, 6) is -0.144. The Labute approximate surface area is 159 Å². The summed E-state index contributed by atoms with van der Waals surface area (Å²) in [6.45, 7) is 0.448. The fourth-order valence-electron chi connectivity index (χ4n) is 2.50. The summed E-state index contributed by atoms with van der Waals surface area (Å²) in [4.78, 5) is 28.6. The van der Waals surface area contributed by atoms with Crippen molar-refractivity contribution in [2.75, 3.05) is 11.9 Å². The maximum atomic E-state index is 12.6. The van der Waals surface area contributed by atoms with Crippen molar-refractivity contribution in [2.45, 2.75) is 6.42 Å². The van der Waals surface area contributed by atoms with Gasteiger partial charge in [-0.15, -0.1) is 11.3 Å². The number of primary amides is 1. The van der Waals surface area contributed by atoms with Gasteiger partial charge in [-0.25, -0.2) is 4.79 Å². The van der Waals surface area contributed by atoms with Gasteiger partial charge < -0.3 is 16.2 Å². The quantitative estimate of drug-likeness (QED) is 0.524. The molecule has 2 aromatic heterocycles. The largest absolute Gasteiger partial charge is 0.508 e. The van der Waals surface area contributed by atoms with Crippen LogP contribution in [-0.4, -0.2) is 28.6 Å². The first kappa shape index (κ1) is 18.4. The Hall–Kier alpha value is -3.39. The number of aromatic hydroxyl groups is 1. The molecule has 1 aromatic carbocycles. The van der Waals surface area contributed by atoms with Crippen molar-refractivity contribution in [1.29, 1.82) is 0 Å². The van der Waals surface area contributed by atoms with Crippen LogP contribution in [0.1, 0.15) is 15.9 Å². The van der Waals surface area contributed by atoms with Gasteiger partial charge in [0.05, 0.1) is 5.56 Å². The lowest BCUT2D eigenvalue weighted by Gasteiger charge is -2.06. The van der Waals surface area contributed by atoms with Gasteiger partial charge in [-0.1, -0.05) is 0 Å². The number of urea groups is 1. The SMILES string of the molecule is NC(=O)Nc1sc(-c2ccc(O)cc2)cc1C(=O)NCCc1ccncc1. The van der Waals surface area contributed by atoms with Crippen LogP contribution in [0.5, 0.6) is 5.75 Å². The number of phenols is 1. The molecule has 0 unspecified atom stereocenters. The van der Waals surface area contributed by atoms with E-state index < -0.39 is 6.03 Å². The van der Waals surface area contributed by atoms with Gasteiger partial charge in [-0.3, -0.25) is 15.1 Å². The van der Waals surface area contributed by atoms with E-state index in [1.807, 2.05) is 12.1 Å². The summed E-state index contributed by atoms with van der Waals surface area (Å²) in [7, 11) is 0. The Morgan fingerprint density at radius 2 is 1.81 bits per heavy atom. The molecule has 0 aliphatic rings. The van der Waals surface area contributed by atoms with E-state index in [1.54, 1.807) is 42.7 Å². The molecule has 5 N–H and O–H groups in total. The Morgan fingerprint density at radius 3 is 2.48 bits per heavy atom. The highest BCUT2D eigenvalue weighted by atomic mass is 32.1. The van der Waals surface area contributed by atoms with Crippen LogP contribution in [0.2, 0.25) is 0 Å². The number of pyridine rings is 1. The number of amides is 3. The van der Waals surface area contributed by atoms with Crippen LogP contribution < -0.4 is 16.4 Å². The van der Waals surface area contributed by atoms with Gasteiger partial charge in [-0.05, 0) is 60.0 Å². The highest BCUT2D eigenvalue weighted by molar-refractivity contribution is 7.20. The molecule has 8 heteroatoms. The summed E-state index contributed by atoms with van der Waals surface area (Å²) in [5.41, 5.74) is 7.45. The minimum atomic E-state index is -0.736. The van der Waals surface area contributed by atoms with Crippen molar-refractivity contribution in [1.82, 2.24) is 10.3 Å². The van der Waals surface area contributed by atoms with Crippen LogP contribution in [0, 0.1) is 0 Å². The third kappa shape index (κ3) is 4.83. The van der Waals surface area contributed by atoms with Crippen LogP contribution in [0.4, 0.5) is 9.80 Å². The van der Waals surface area contributed by atoms with Crippen molar-refractivity contribution < 1.29 is 14.7 Å². The molecule has 3 amide bonds. The molecule has 0 atom stereocenters. The van der Waals surface area contributed by atoms with Gasteiger partial charge in [-0.2, -0.15) is 0 Å². The van der Waals surface area contributed by atoms with Crippen molar-refractivity contribution in [3.05, 3.63) is 66.0 Å². The number of hydrogen-bond donors (Lipinski definition) is 4. The maximum absolute atomic E-state index is 12.6. The molecule has 138 valence electrons. The number of anilines is 1. The lowest BCUT2D eigenvalue weighted by atomic mass is 10.1. The van der Waals surface area contributed by atoms with Crippen LogP contribution in [-0.2, 0) is 6.42 Å². The number of thiophene rings is 1. The molecule has 0 bridgehead atoms. The molecule has 0 fully saturated rings. The third-order valence-corrected chi connectivity index (χ3v) is 4.91. The standard InChI is InChI=1S/C19H18N4O3S/c20-19(26)23-18-15(11-16(27-18)13-1-3-14(24)4-2-13)17(25)22-10-7-12-5-8-21-9-6-12/h1-6,8-9,11,24H,7,10H2,(H,22,25)(H3,20,23,26). The number of rotatable bonds is 6. The van der Waals surface area contributed by atoms with E-state index >= 15 is 0 Å². The molecule has 0 radical (unpaired) electrons. The summed E-state index contributed by atoms with van der Waals surface area (Å²) in [6.07, 6.45) is 4.07. The summed E-state index contributed by atoms with van der Waals surface area (Å²) in [5, 5.41) is 15.2. The Morgan fingerprint density at radius 1 is 1.11 bits per heavy atom. The molecular formula is C19H18N4O3S. The van der Waals surface area contributed by atoms with E-state index in [0.29, 0.717) is 23.5 Å². The molecule has 3 rings (SSSR count). The first-order chi connectivity index (χ1) is 13.0. The number of nitrogens with zero attached hydrogens (tertiary/aromatic N) is 1. The smallest absolute Gasteiger partial charge is 0.317 e. The zero-order valence-corrected chi connectivity index (χ0v) is 15.1. The monoisotopic (exact) mass is 382 g/mol. The normalized spacial score (nSPS) is 10.4. The molecule has 0 saturated heterocycles. The second-order valence-electron chi connectivity index (χ2n) is 5.75. The Bertz CT molecular complexity index is 939. The van der Waals surface area contributed by atoms with E-state index in [-0.39, 0.29) is 11.7 Å². The predicted molar refractivity (Wildman–Crippen MR) is 105 cm³/mol. The number of nitrogens with two attached hydrogens (primary N) is 1. The predicted octanol–water partition coefficient (Wildman–Crippen LogP) is 2.98. The summed E-state index contributed by atoms with van der Waals surface area (Å²) >= 11 is 1.24. The average molecular weight is 382 g/mol. The molecular weight excluding hydrogens is 364 g/mol. The molecule has 2 heterocycles. The van der Waals surface area contributed by atoms with E-state index in [4.69, 9.17) is 5.73 Å². The second kappa shape index (κ2) is 8.33. The number of hydrogen-bond acceptors (Lipinski definition) is 5. The number of phenolic OH excluding ortho intramolecular Hbond substituents is 1. The summed E-state index contributed by atoms with van der Waals surface area (Å²) in [6, 6.07) is 11.3. The number of nitrogens with one attached hydrogen (secondary N) is 2. The first-order valence-corrected chi connectivity index (χ1v) is 9.01. The van der Waals surface area contributed by atoms with Crippen LogP contribution in [0.25, 0.3) is 10.4 Å². The van der Waals surface area contributed by atoms with E-state index in [1.165, 1.54) is 11.3 Å². The molecule has 0 aliphatic heterocycles. The maximum Gasteiger partial charge on any atom is 0.317 e. The molecule has 0 aliphatic carbocycles. The molecule has 0 spiro atoms. The van der Waals surface area contributed by atoms with Gasteiger partial charge in [0.1, 0.15) is 10.8 Å². The lowest BCUT2D eigenvalue weighted by Crippen LogP contribution is -2.27. The van der Waals surface area contributed by atoms with E-state index in [9.17, 15) is 14.7 Å². The molecule has 7 nitrogen and oxygen atoms in total. The fraction of sp³-hybridized carbons (Fsp3) is 0.105. The summed E-state index contributed by atoms with van der Waals surface area (Å²) < 4.78 is 0. The second-order valence-corrected chi connectivity index (χ2v) is 6.80. The number of carbonyl (C=O) groups excluding carboxylic acids is 2. The van der Waals surface area contributed by atoms with Crippen LogP contribution in [0.3, 0.4) is 0 Å². The van der Waals surface area contributed by atoms with Crippen molar-refractivity contribution in [3.63, 3.8) is 0 Å². The van der Waals surface area contributed by atoms with E-state index in [0.717, 1.165) is 16.0 Å². The van der Waals surface area contributed by atoms with E-state index in [2.05, 4.69) is 15.6 Å². The van der Waals surface area contributed by atoms with Gasteiger partial charge in [0, 0.05) is 23.8 Å². The third-order valence-electron chi connectivity index (χ3n) is 3.81. The van der Waals surface area contributed by atoms with Crippen molar-refractivity contribution in [2.24, 2.45) is 5.73 Å². The Kier molecular flexibility index (Phi) is 5.68. The van der Waals surface area contributed by atoms with Crippen LogP contribution in [0.15, 0.2) is 54.9 Å². The lowest BCUT2D eigenvalue weighted by molar-refractivity contribution is 0.0955. The van der Waals surface area contributed by atoms with Gasteiger partial charge in [0.25, 0.3) is 5.91 Å². The topological polar surface area (TPSA) is 117 Å². The van der Waals surface area contributed by atoms with Gasteiger partial charge >= 0.3 is 6.03 Å². The van der Waals surface area contributed by atoms with Gasteiger partial charge in [0.2, 0.25) is 0 Å². The first-order valence-electron chi connectivity index (χ1n) is 8.20. The van der Waals surface area contributed by atoms with Crippen molar-refractivity contribution in [3.8, 4) is 16.2 Å². The van der Waals surface area contributed by atoms with Gasteiger partial charge in [0.15, 0.2) is 0 Å². The fourth-order valence-corrected chi connectivity index (χ4v) is 3.56. The zero-order valence-electron chi connectivity index (χ0n) is 14.3. The number of carbonyl (C=O) groups is 2. The average Bonchev–Trinajstić information content (AvgIpc) is 3.06. The number of aromatic nitrogens is 1. The number of benzene rings is 1. The van der Waals surface area contributed by atoms with Crippen LogP contribution >= 0.6 is 11.3 Å². The molecule has 27 heavy (non-hydrogen) atoms. The highest BCUT2D eigenvalue weighted by Gasteiger charge is 2.18. The Balaban J connectivity index is 1.76. The molecule has 0 saturated carbocycles. The zero-order chi connectivity index (χ0) is 19.2. The van der Waals surface area contributed by atoms with Crippen molar-refractivity contribution >= 4 is 28.3 Å². The highest BCUT2D eigenvalue weighted by Crippen LogP contribution is 2.36. The molecule has 3 aromatic rings. The minimum Gasteiger partial charge on any atom is -0.508 e.